The first-order valence-corrected chi connectivity index (χ1v) is 6.17. The molecule has 0 fully saturated rings. The van der Waals surface area contributed by atoms with Crippen molar-refractivity contribution in [1.29, 1.82) is 0 Å². The zero-order valence-electron chi connectivity index (χ0n) is 8.21. The van der Waals surface area contributed by atoms with E-state index in [4.69, 9.17) is 0 Å². The molecule has 0 saturated carbocycles. The van der Waals surface area contributed by atoms with Crippen LogP contribution in [0.25, 0.3) is 0 Å². The summed E-state index contributed by atoms with van der Waals surface area (Å²) in [6.07, 6.45) is 1.18. The number of hydrogen-bond donors (Lipinski definition) is 1. The van der Waals surface area contributed by atoms with Gasteiger partial charge in [0.05, 0.1) is 0 Å². The van der Waals surface area contributed by atoms with Gasteiger partial charge < -0.3 is 0 Å². The van der Waals surface area contributed by atoms with Gasteiger partial charge in [-0.15, -0.1) is 11.8 Å². The molecule has 0 aliphatic rings. The molecule has 0 saturated heterocycles. The van der Waals surface area contributed by atoms with Crippen LogP contribution in [0.3, 0.4) is 0 Å². The van der Waals surface area contributed by atoms with Crippen molar-refractivity contribution in [2.24, 2.45) is 0 Å². The highest BCUT2D eigenvalue weighted by molar-refractivity contribution is 7.99. The van der Waals surface area contributed by atoms with Gasteiger partial charge in [0.2, 0.25) is 0 Å². The molecule has 0 bridgehead atoms. The topological polar surface area (TPSA) is 0 Å². The highest BCUT2D eigenvalue weighted by Crippen LogP contribution is 2.21. The third-order valence-corrected chi connectivity index (χ3v) is 3.45. The van der Waals surface area contributed by atoms with E-state index in [9.17, 15) is 0 Å². The van der Waals surface area contributed by atoms with Crippen molar-refractivity contribution in [2.45, 2.75) is 25.2 Å². The minimum absolute atomic E-state index is 0.984. The van der Waals surface area contributed by atoms with Gasteiger partial charge in [-0.25, -0.2) is 0 Å². The zero-order valence-corrected chi connectivity index (χ0v) is 9.92. The van der Waals surface area contributed by atoms with Crippen LogP contribution in [0, 0.1) is 13.8 Å². The summed E-state index contributed by atoms with van der Waals surface area (Å²) in [6, 6.07) is 6.66. The lowest BCUT2D eigenvalue weighted by molar-refractivity contribution is 1.13. The molecular formula is C11H16S2. The van der Waals surface area contributed by atoms with E-state index in [0.717, 1.165) is 5.75 Å². The first-order chi connectivity index (χ1) is 6.24. The van der Waals surface area contributed by atoms with Crippen LogP contribution in [0.5, 0.6) is 0 Å². The fraction of sp³-hybridized carbons (Fsp3) is 0.455. The number of hydrogen-bond acceptors (Lipinski definition) is 2. The molecule has 0 nitrogen and oxygen atoms in total. The lowest BCUT2D eigenvalue weighted by atomic mass is 10.1. The van der Waals surface area contributed by atoms with E-state index >= 15 is 0 Å². The Morgan fingerprint density at radius 3 is 2.62 bits per heavy atom. The monoisotopic (exact) mass is 212 g/mol. The maximum atomic E-state index is 4.19. The Morgan fingerprint density at radius 1 is 1.23 bits per heavy atom. The van der Waals surface area contributed by atoms with Crippen LogP contribution in [0.1, 0.15) is 17.5 Å². The molecule has 1 aromatic rings. The number of aryl methyl sites for hydroxylation is 2. The lowest BCUT2D eigenvalue weighted by Crippen LogP contribution is -1.84. The first-order valence-electron chi connectivity index (χ1n) is 4.55. The Morgan fingerprint density at radius 2 is 2.00 bits per heavy atom. The average molecular weight is 212 g/mol. The van der Waals surface area contributed by atoms with Gasteiger partial charge in [-0.1, -0.05) is 6.07 Å². The predicted octanol–water partition coefficient (Wildman–Crippen LogP) is 3.72. The van der Waals surface area contributed by atoms with Gasteiger partial charge in [0.1, 0.15) is 0 Å². The van der Waals surface area contributed by atoms with E-state index in [1.54, 1.807) is 0 Å². The fourth-order valence-electron chi connectivity index (χ4n) is 1.06. The van der Waals surface area contributed by atoms with Crippen LogP contribution >= 0.6 is 24.4 Å². The summed E-state index contributed by atoms with van der Waals surface area (Å²) < 4.78 is 0. The van der Waals surface area contributed by atoms with Crippen LogP contribution in [0.15, 0.2) is 23.1 Å². The quantitative estimate of drug-likeness (QED) is 0.451. The highest BCUT2D eigenvalue weighted by atomic mass is 32.2. The van der Waals surface area contributed by atoms with E-state index in [1.165, 1.54) is 28.2 Å². The highest BCUT2D eigenvalue weighted by Gasteiger charge is 1.96. The third-order valence-electron chi connectivity index (χ3n) is 2.05. The van der Waals surface area contributed by atoms with Crippen LogP contribution in [-0.2, 0) is 0 Å². The van der Waals surface area contributed by atoms with Crippen molar-refractivity contribution in [3.05, 3.63) is 29.3 Å². The maximum absolute atomic E-state index is 4.19. The van der Waals surface area contributed by atoms with Gasteiger partial charge in [0.15, 0.2) is 0 Å². The van der Waals surface area contributed by atoms with E-state index in [2.05, 4.69) is 44.7 Å². The Hall–Kier alpha value is -0.0800. The summed E-state index contributed by atoms with van der Waals surface area (Å²) in [4.78, 5) is 1.38. The molecule has 0 spiro atoms. The van der Waals surface area contributed by atoms with Crippen molar-refractivity contribution >= 4 is 24.4 Å². The van der Waals surface area contributed by atoms with Gasteiger partial charge in [-0.3, -0.25) is 0 Å². The molecule has 0 aromatic heterocycles. The Labute approximate surface area is 90.5 Å². The fourth-order valence-corrected chi connectivity index (χ4v) is 2.38. The predicted molar refractivity (Wildman–Crippen MR) is 65.1 cm³/mol. The molecule has 0 N–H and O–H groups in total. The molecule has 0 aliphatic carbocycles. The van der Waals surface area contributed by atoms with E-state index in [0.29, 0.717) is 0 Å². The van der Waals surface area contributed by atoms with E-state index < -0.39 is 0 Å². The second kappa shape index (κ2) is 5.61. The average Bonchev–Trinajstić information content (AvgIpc) is 2.12. The summed E-state index contributed by atoms with van der Waals surface area (Å²) in [5, 5.41) is 0. The van der Waals surface area contributed by atoms with Crippen molar-refractivity contribution in [1.82, 2.24) is 0 Å². The summed E-state index contributed by atoms with van der Waals surface area (Å²) in [6.45, 7) is 4.31. The zero-order chi connectivity index (χ0) is 9.68. The minimum Gasteiger partial charge on any atom is -0.179 e. The lowest BCUT2D eigenvalue weighted by Gasteiger charge is -2.04. The minimum atomic E-state index is 0.984. The van der Waals surface area contributed by atoms with E-state index in [1.807, 2.05) is 11.8 Å². The van der Waals surface area contributed by atoms with Crippen LogP contribution in [0.2, 0.25) is 0 Å². The van der Waals surface area contributed by atoms with Crippen LogP contribution < -0.4 is 0 Å². The molecule has 0 radical (unpaired) electrons. The molecule has 2 heteroatoms. The molecule has 13 heavy (non-hydrogen) atoms. The number of rotatable bonds is 4. The van der Waals surface area contributed by atoms with Crippen molar-refractivity contribution < 1.29 is 0 Å². The molecule has 0 amide bonds. The second-order valence-corrected chi connectivity index (χ2v) is 4.79. The van der Waals surface area contributed by atoms with Crippen molar-refractivity contribution in [3.63, 3.8) is 0 Å². The molecule has 72 valence electrons. The molecule has 1 rings (SSSR count). The van der Waals surface area contributed by atoms with Crippen molar-refractivity contribution in [2.75, 3.05) is 11.5 Å². The Balaban J connectivity index is 2.53. The van der Waals surface area contributed by atoms with Gasteiger partial charge in [0.25, 0.3) is 0 Å². The molecule has 0 aliphatic heterocycles. The van der Waals surface area contributed by atoms with Crippen LogP contribution in [-0.4, -0.2) is 11.5 Å². The summed E-state index contributed by atoms with van der Waals surface area (Å²) in [5.74, 6) is 2.16. The van der Waals surface area contributed by atoms with Gasteiger partial charge in [-0.2, -0.15) is 12.6 Å². The second-order valence-electron chi connectivity index (χ2n) is 3.17. The SMILES string of the molecule is Cc1ccc(SCCCS)cc1C. The molecular weight excluding hydrogens is 196 g/mol. The Kier molecular flexibility index (Phi) is 4.74. The number of thiol groups is 1. The standard InChI is InChI=1S/C11H16S2/c1-9-4-5-11(8-10(9)2)13-7-3-6-12/h4-5,8,12H,3,6-7H2,1-2H3. The van der Waals surface area contributed by atoms with Crippen LogP contribution in [0.4, 0.5) is 0 Å². The molecule has 0 atom stereocenters. The normalized spacial score (nSPS) is 10.4. The molecule has 1 aromatic carbocycles. The summed E-state index contributed by atoms with van der Waals surface area (Å²) >= 11 is 6.11. The summed E-state index contributed by atoms with van der Waals surface area (Å²) in [7, 11) is 0. The molecule has 0 unspecified atom stereocenters. The van der Waals surface area contributed by atoms with Gasteiger partial charge >= 0.3 is 0 Å². The Bertz CT molecular complexity index is 269. The number of benzene rings is 1. The summed E-state index contributed by atoms with van der Waals surface area (Å²) in [5.41, 5.74) is 2.76. The van der Waals surface area contributed by atoms with Crippen molar-refractivity contribution in [3.8, 4) is 0 Å². The first kappa shape index (κ1) is 11.0. The largest absolute Gasteiger partial charge is 0.179 e. The molecule has 0 heterocycles. The van der Waals surface area contributed by atoms with Gasteiger partial charge in [0, 0.05) is 4.90 Å². The van der Waals surface area contributed by atoms with Gasteiger partial charge in [-0.05, 0) is 55.0 Å². The van der Waals surface area contributed by atoms with E-state index in [-0.39, 0.29) is 0 Å². The number of thioether (sulfide) groups is 1. The smallest absolute Gasteiger partial charge is 0.00747 e. The maximum Gasteiger partial charge on any atom is 0.00747 e. The third kappa shape index (κ3) is 3.65.